The zero-order valence-corrected chi connectivity index (χ0v) is 13.6. The lowest BCUT2D eigenvalue weighted by atomic mass is 10.1. The first-order valence-corrected chi connectivity index (χ1v) is 8.40. The Balaban J connectivity index is 1.32. The van der Waals surface area contributed by atoms with Gasteiger partial charge in [0.1, 0.15) is 6.10 Å². The minimum absolute atomic E-state index is 0.0253. The van der Waals surface area contributed by atoms with Gasteiger partial charge in [-0.3, -0.25) is 14.6 Å². The van der Waals surface area contributed by atoms with E-state index in [4.69, 9.17) is 9.15 Å². The lowest BCUT2D eigenvalue weighted by Crippen LogP contribution is -2.46. The number of amides is 2. The molecule has 0 bridgehead atoms. The Morgan fingerprint density at radius 2 is 2.16 bits per heavy atom. The van der Waals surface area contributed by atoms with Crippen LogP contribution in [0.2, 0.25) is 0 Å². The molecular formula is C17H19N3O5. The number of nitrogens with zero attached hydrogens (tertiary/aromatic N) is 1. The van der Waals surface area contributed by atoms with Crippen LogP contribution >= 0.6 is 0 Å². The molecule has 1 unspecified atom stereocenters. The molecule has 2 amide bonds. The molecule has 2 aliphatic rings. The molecule has 0 saturated carbocycles. The largest absolute Gasteiger partial charge is 0.417 e. The summed E-state index contributed by atoms with van der Waals surface area (Å²) < 4.78 is 10.2. The number of rotatable bonds is 4. The van der Waals surface area contributed by atoms with Gasteiger partial charge in [0.15, 0.2) is 5.58 Å². The second-order valence-corrected chi connectivity index (χ2v) is 6.51. The summed E-state index contributed by atoms with van der Waals surface area (Å²) in [6.07, 6.45) is 1.45. The van der Waals surface area contributed by atoms with Gasteiger partial charge in [-0.1, -0.05) is 6.07 Å². The maximum Gasteiger partial charge on any atom is 0.417 e. The van der Waals surface area contributed by atoms with Crippen molar-refractivity contribution in [3.05, 3.63) is 34.3 Å². The Morgan fingerprint density at radius 1 is 1.32 bits per heavy atom. The van der Waals surface area contributed by atoms with E-state index >= 15 is 0 Å². The lowest BCUT2D eigenvalue weighted by Gasteiger charge is -2.29. The van der Waals surface area contributed by atoms with E-state index in [-0.39, 0.29) is 30.4 Å². The van der Waals surface area contributed by atoms with Gasteiger partial charge < -0.3 is 19.4 Å². The van der Waals surface area contributed by atoms with Crippen LogP contribution in [-0.2, 0) is 20.7 Å². The van der Waals surface area contributed by atoms with Crippen molar-refractivity contribution < 1.29 is 18.7 Å². The Bertz CT molecular complexity index is 867. The molecule has 2 fully saturated rings. The number of ether oxygens (including phenoxy) is 1. The average Bonchev–Trinajstić information content (AvgIpc) is 3.10. The average molecular weight is 345 g/mol. The van der Waals surface area contributed by atoms with Gasteiger partial charge in [0.25, 0.3) is 5.91 Å². The molecule has 0 aliphatic carbocycles. The molecule has 3 heterocycles. The highest BCUT2D eigenvalue weighted by Crippen LogP contribution is 2.18. The van der Waals surface area contributed by atoms with Gasteiger partial charge in [0.2, 0.25) is 5.91 Å². The van der Waals surface area contributed by atoms with Crippen LogP contribution in [0.5, 0.6) is 0 Å². The summed E-state index contributed by atoms with van der Waals surface area (Å²) in [5.74, 6) is -0.593. The van der Waals surface area contributed by atoms with Gasteiger partial charge in [-0.05, 0) is 24.1 Å². The molecule has 132 valence electrons. The predicted molar refractivity (Wildman–Crippen MR) is 88.0 cm³/mol. The quantitative estimate of drug-likeness (QED) is 0.822. The van der Waals surface area contributed by atoms with Gasteiger partial charge in [0.05, 0.1) is 18.5 Å². The molecule has 2 N–H and O–H groups in total. The van der Waals surface area contributed by atoms with Crippen molar-refractivity contribution in [3.63, 3.8) is 0 Å². The van der Waals surface area contributed by atoms with E-state index in [0.29, 0.717) is 30.8 Å². The van der Waals surface area contributed by atoms with E-state index in [9.17, 15) is 14.4 Å². The van der Waals surface area contributed by atoms with Crippen molar-refractivity contribution in [1.82, 2.24) is 15.2 Å². The number of hydrogen-bond acceptors (Lipinski definition) is 5. The van der Waals surface area contributed by atoms with Crippen LogP contribution in [0.4, 0.5) is 0 Å². The van der Waals surface area contributed by atoms with E-state index in [0.717, 1.165) is 18.4 Å². The van der Waals surface area contributed by atoms with Crippen molar-refractivity contribution >= 4 is 22.9 Å². The van der Waals surface area contributed by atoms with E-state index in [1.807, 2.05) is 0 Å². The van der Waals surface area contributed by atoms with Gasteiger partial charge in [0, 0.05) is 25.6 Å². The molecule has 1 aromatic carbocycles. The molecule has 2 aromatic rings. The summed E-state index contributed by atoms with van der Waals surface area (Å²) in [5, 5.41) is 2.97. The van der Waals surface area contributed by atoms with E-state index in [1.54, 1.807) is 23.1 Å². The summed E-state index contributed by atoms with van der Waals surface area (Å²) in [4.78, 5) is 39.9. The first-order chi connectivity index (χ1) is 12.1. The molecule has 25 heavy (non-hydrogen) atoms. The topological polar surface area (TPSA) is 105 Å². The standard InChI is InChI=1S/C17H19N3O5/c21-15(8-10-1-2-13-12(7-10)19-17(23)25-13)18-11-3-5-20(9-11)16(22)14-4-6-24-14/h1-2,7,11,14H,3-6,8-9H2,(H,18,21)(H,19,23)/t11-,14?/m1/s1. The second kappa shape index (κ2) is 6.36. The van der Waals surface area contributed by atoms with Gasteiger partial charge in [-0.25, -0.2) is 4.79 Å². The molecule has 4 rings (SSSR count). The number of nitrogens with one attached hydrogen (secondary N) is 2. The summed E-state index contributed by atoms with van der Waals surface area (Å²) in [7, 11) is 0. The molecule has 8 heteroatoms. The van der Waals surface area contributed by atoms with Crippen molar-refractivity contribution in [2.24, 2.45) is 0 Å². The third-order valence-corrected chi connectivity index (χ3v) is 4.69. The van der Waals surface area contributed by atoms with Gasteiger partial charge in [-0.2, -0.15) is 0 Å². The molecular weight excluding hydrogens is 326 g/mol. The number of carbonyl (C=O) groups excluding carboxylic acids is 2. The normalized spacial score (nSPS) is 22.8. The number of benzene rings is 1. The number of H-pyrrole nitrogens is 1. The summed E-state index contributed by atoms with van der Waals surface area (Å²) in [5.41, 5.74) is 1.83. The zero-order valence-electron chi connectivity index (χ0n) is 13.6. The Labute approximate surface area is 143 Å². The van der Waals surface area contributed by atoms with Crippen LogP contribution in [0.25, 0.3) is 11.1 Å². The highest BCUT2D eigenvalue weighted by Gasteiger charge is 2.34. The summed E-state index contributed by atoms with van der Waals surface area (Å²) >= 11 is 0. The number of oxazole rings is 1. The molecule has 8 nitrogen and oxygen atoms in total. The second-order valence-electron chi connectivity index (χ2n) is 6.51. The van der Waals surface area contributed by atoms with Crippen LogP contribution in [0.1, 0.15) is 18.4 Å². The fraction of sp³-hybridized carbons (Fsp3) is 0.471. The minimum atomic E-state index is -0.511. The summed E-state index contributed by atoms with van der Waals surface area (Å²) in [6.45, 7) is 1.82. The van der Waals surface area contributed by atoms with E-state index in [1.165, 1.54) is 0 Å². The number of likely N-dealkylation sites (tertiary alicyclic amines) is 1. The van der Waals surface area contributed by atoms with Gasteiger partial charge >= 0.3 is 5.76 Å². The fourth-order valence-electron chi connectivity index (χ4n) is 3.29. The molecule has 0 spiro atoms. The van der Waals surface area contributed by atoms with Crippen LogP contribution in [0, 0.1) is 0 Å². The number of hydrogen-bond donors (Lipinski definition) is 2. The van der Waals surface area contributed by atoms with Crippen LogP contribution < -0.4 is 11.1 Å². The van der Waals surface area contributed by atoms with E-state index in [2.05, 4.69) is 10.3 Å². The molecule has 0 radical (unpaired) electrons. The first-order valence-electron chi connectivity index (χ1n) is 8.40. The van der Waals surface area contributed by atoms with Crippen LogP contribution in [-0.4, -0.2) is 53.5 Å². The van der Waals surface area contributed by atoms with Crippen molar-refractivity contribution in [3.8, 4) is 0 Å². The third kappa shape index (κ3) is 3.30. The first kappa shape index (κ1) is 15.9. The number of fused-ring (bicyclic) bond motifs is 1. The Morgan fingerprint density at radius 3 is 2.92 bits per heavy atom. The maximum absolute atomic E-state index is 12.3. The molecule has 2 saturated heterocycles. The van der Waals surface area contributed by atoms with Crippen molar-refractivity contribution in [2.75, 3.05) is 19.7 Å². The van der Waals surface area contributed by atoms with Crippen LogP contribution in [0.15, 0.2) is 27.4 Å². The summed E-state index contributed by atoms with van der Waals surface area (Å²) in [6, 6.07) is 5.13. The number of carbonyl (C=O) groups is 2. The SMILES string of the molecule is O=C(Cc1ccc2oc(=O)[nH]c2c1)N[C@@H]1CCN(C(=O)C2CCO2)C1. The van der Waals surface area contributed by atoms with E-state index < -0.39 is 5.76 Å². The number of aromatic amines is 1. The third-order valence-electron chi connectivity index (χ3n) is 4.69. The Hall–Kier alpha value is -2.61. The molecule has 2 atom stereocenters. The Kier molecular flexibility index (Phi) is 4.04. The highest BCUT2D eigenvalue weighted by molar-refractivity contribution is 5.83. The zero-order chi connectivity index (χ0) is 17.4. The molecule has 1 aromatic heterocycles. The molecule has 2 aliphatic heterocycles. The fourth-order valence-corrected chi connectivity index (χ4v) is 3.29. The number of aromatic nitrogens is 1. The lowest BCUT2D eigenvalue weighted by molar-refractivity contribution is -0.155. The predicted octanol–water partition coefficient (Wildman–Crippen LogP) is 0.170. The van der Waals surface area contributed by atoms with Gasteiger partial charge in [-0.15, -0.1) is 0 Å². The monoisotopic (exact) mass is 345 g/mol. The van der Waals surface area contributed by atoms with Crippen LogP contribution in [0.3, 0.4) is 0 Å². The van der Waals surface area contributed by atoms with Crippen molar-refractivity contribution in [2.45, 2.75) is 31.4 Å². The smallest absolute Gasteiger partial charge is 0.408 e. The maximum atomic E-state index is 12.3. The minimum Gasteiger partial charge on any atom is -0.408 e. The highest BCUT2D eigenvalue weighted by atomic mass is 16.5. The van der Waals surface area contributed by atoms with Crippen molar-refractivity contribution in [1.29, 1.82) is 0 Å².